The fourth-order valence-corrected chi connectivity index (χ4v) is 5.74. The zero-order valence-electron chi connectivity index (χ0n) is 22.8. The third-order valence-corrected chi connectivity index (χ3v) is 7.39. The second-order valence-corrected chi connectivity index (χ2v) is 11.5. The van der Waals surface area contributed by atoms with E-state index in [0.29, 0.717) is 17.2 Å². The Morgan fingerprint density at radius 2 is 1.93 bits per heavy atom. The molecule has 0 bridgehead atoms. The summed E-state index contributed by atoms with van der Waals surface area (Å²) in [5.41, 5.74) is 6.57. The van der Waals surface area contributed by atoms with Gasteiger partial charge in [0.1, 0.15) is 5.75 Å². The molecule has 202 valence electrons. The van der Waals surface area contributed by atoms with Crippen LogP contribution in [0.5, 0.6) is 5.75 Å². The van der Waals surface area contributed by atoms with Crippen LogP contribution < -0.4 is 4.74 Å². The van der Waals surface area contributed by atoms with E-state index in [9.17, 15) is 9.90 Å². The summed E-state index contributed by atoms with van der Waals surface area (Å²) >= 11 is 6.26. The molecule has 3 aromatic carbocycles. The third-order valence-electron chi connectivity index (χ3n) is 7.16. The number of benzene rings is 3. The fraction of sp³-hybridized carbons (Fsp3) is 0.242. The molecule has 0 fully saturated rings. The summed E-state index contributed by atoms with van der Waals surface area (Å²) < 4.78 is 12.2. The first-order valence-corrected chi connectivity index (χ1v) is 13.6. The van der Waals surface area contributed by atoms with Crippen LogP contribution in [-0.2, 0) is 16.0 Å². The number of carboxylic acids is 1. The van der Waals surface area contributed by atoms with E-state index >= 15 is 0 Å². The maximum atomic E-state index is 12.8. The lowest BCUT2D eigenvalue weighted by Gasteiger charge is -2.29. The summed E-state index contributed by atoms with van der Waals surface area (Å²) in [4.78, 5) is 22.6. The van der Waals surface area contributed by atoms with Gasteiger partial charge in [-0.05, 0) is 86.8 Å². The van der Waals surface area contributed by atoms with Crippen LogP contribution in [0.3, 0.4) is 0 Å². The number of carbonyl (C=O) groups is 1. The lowest BCUT2D eigenvalue weighted by atomic mass is 9.86. The van der Waals surface area contributed by atoms with Crippen LogP contribution in [-0.4, -0.2) is 33.3 Å². The number of aromatic nitrogens is 2. The Morgan fingerprint density at radius 3 is 2.67 bits per heavy atom. The van der Waals surface area contributed by atoms with Crippen molar-refractivity contribution in [2.24, 2.45) is 0 Å². The van der Waals surface area contributed by atoms with Crippen LogP contribution in [0.1, 0.15) is 43.6 Å². The van der Waals surface area contributed by atoms with Gasteiger partial charge in [0, 0.05) is 45.1 Å². The van der Waals surface area contributed by atoms with Gasteiger partial charge >= 0.3 is 5.97 Å². The Labute approximate surface area is 237 Å². The molecule has 6 rings (SSSR count). The van der Waals surface area contributed by atoms with Crippen molar-refractivity contribution in [3.8, 4) is 28.1 Å². The second-order valence-electron chi connectivity index (χ2n) is 11.1. The minimum Gasteiger partial charge on any atom is -0.493 e. The quantitative estimate of drug-likeness (QED) is 0.238. The van der Waals surface area contributed by atoms with Gasteiger partial charge in [-0.3, -0.25) is 4.98 Å². The Balaban J connectivity index is 1.70. The molecule has 0 saturated carbocycles. The number of carboxylic acid groups (broad SMARTS) is 1. The molecule has 0 amide bonds. The van der Waals surface area contributed by atoms with Crippen LogP contribution in [0.15, 0.2) is 66.9 Å². The van der Waals surface area contributed by atoms with Crippen LogP contribution in [0.2, 0.25) is 5.02 Å². The lowest BCUT2D eigenvalue weighted by Crippen LogP contribution is -2.28. The van der Waals surface area contributed by atoms with Crippen molar-refractivity contribution in [3.63, 3.8) is 0 Å². The number of aryl methyl sites for hydroxylation is 1. The molecule has 0 saturated heterocycles. The summed E-state index contributed by atoms with van der Waals surface area (Å²) in [5, 5.41) is 12.8. The zero-order valence-corrected chi connectivity index (χ0v) is 23.5. The lowest BCUT2D eigenvalue weighted by molar-refractivity contribution is -0.160. The average molecular weight is 553 g/mol. The summed E-state index contributed by atoms with van der Waals surface area (Å²) in [6, 6.07) is 19.4. The predicted molar refractivity (Wildman–Crippen MR) is 158 cm³/mol. The predicted octanol–water partition coefficient (Wildman–Crippen LogP) is 7.95. The van der Waals surface area contributed by atoms with Gasteiger partial charge in [0.25, 0.3) is 0 Å². The van der Waals surface area contributed by atoms with Gasteiger partial charge in [-0.15, -0.1) is 0 Å². The van der Waals surface area contributed by atoms with Gasteiger partial charge in [-0.25, -0.2) is 9.78 Å². The smallest absolute Gasteiger partial charge is 0.337 e. The largest absolute Gasteiger partial charge is 0.493 e. The van der Waals surface area contributed by atoms with E-state index in [4.69, 9.17) is 31.0 Å². The number of pyridine rings is 2. The highest BCUT2D eigenvalue weighted by atomic mass is 35.5. The van der Waals surface area contributed by atoms with Gasteiger partial charge in [0.05, 0.1) is 28.9 Å². The Morgan fingerprint density at radius 1 is 1.10 bits per heavy atom. The molecule has 1 N–H and O–H groups in total. The van der Waals surface area contributed by atoms with Crippen LogP contribution in [0, 0.1) is 6.92 Å². The number of fused-ring (bicyclic) bond motifs is 1. The molecule has 0 radical (unpaired) electrons. The van der Waals surface area contributed by atoms with Crippen molar-refractivity contribution in [3.05, 3.63) is 88.6 Å². The Bertz CT molecular complexity index is 1800. The van der Waals surface area contributed by atoms with Crippen molar-refractivity contribution < 1.29 is 19.4 Å². The molecule has 6 nitrogen and oxygen atoms in total. The number of halogens is 1. The third kappa shape index (κ3) is 4.67. The highest BCUT2D eigenvalue weighted by Gasteiger charge is 2.33. The summed E-state index contributed by atoms with van der Waals surface area (Å²) in [6.07, 6.45) is 1.39. The summed E-state index contributed by atoms with van der Waals surface area (Å²) in [6.45, 7) is 8.11. The summed E-state index contributed by atoms with van der Waals surface area (Å²) in [7, 11) is 0. The molecular formula is C33H29ClN2O4. The Hall–Kier alpha value is -4.00. The minimum atomic E-state index is -1.20. The first-order chi connectivity index (χ1) is 19.1. The molecule has 0 aliphatic carbocycles. The van der Waals surface area contributed by atoms with E-state index in [1.54, 1.807) is 0 Å². The zero-order chi connectivity index (χ0) is 28.2. The maximum Gasteiger partial charge on any atom is 0.337 e. The van der Waals surface area contributed by atoms with Gasteiger partial charge in [0.2, 0.25) is 0 Å². The molecule has 2 aromatic heterocycles. The van der Waals surface area contributed by atoms with Crippen molar-refractivity contribution >= 4 is 39.4 Å². The first-order valence-electron chi connectivity index (χ1n) is 13.3. The number of aliphatic carboxylic acids is 1. The first kappa shape index (κ1) is 26.2. The SMILES string of the molecule is Cc1cc2nc(-c3cccc(Cl)c3)ccc2c(-c2ccc3c4c(ccnc24)CCO3)c1[C@H](OC(C)(C)C)C(=O)O. The standard InChI is InChI=1S/C33H29ClN2O4/c1-18-16-25-22(8-10-24(36-25)20-6-5-7-21(34)17-20)29(27(18)31(32(37)38)40-33(2,3)4)23-9-11-26-28-19(13-15-39-26)12-14-35-30(23)28/h5-12,14,16-17,31H,13,15H2,1-4H3,(H,37,38)/t31-/m0/s1. The highest BCUT2D eigenvalue weighted by Crippen LogP contribution is 2.45. The monoisotopic (exact) mass is 552 g/mol. The molecular weight excluding hydrogens is 524 g/mol. The van der Waals surface area contributed by atoms with E-state index in [1.807, 2.05) is 94.6 Å². The van der Waals surface area contributed by atoms with Gasteiger partial charge in [-0.1, -0.05) is 29.8 Å². The van der Waals surface area contributed by atoms with E-state index in [-0.39, 0.29) is 0 Å². The van der Waals surface area contributed by atoms with Crippen molar-refractivity contribution in [2.75, 3.05) is 6.61 Å². The topological polar surface area (TPSA) is 81.5 Å². The second kappa shape index (κ2) is 9.88. The van der Waals surface area contributed by atoms with Crippen molar-refractivity contribution in [1.82, 2.24) is 9.97 Å². The number of rotatable bonds is 5. The Kier molecular flexibility index (Phi) is 6.48. The van der Waals surface area contributed by atoms with E-state index in [0.717, 1.165) is 67.5 Å². The number of nitrogens with zero attached hydrogens (tertiary/aromatic N) is 2. The maximum absolute atomic E-state index is 12.8. The van der Waals surface area contributed by atoms with Gasteiger partial charge in [0.15, 0.2) is 6.10 Å². The van der Waals surface area contributed by atoms with Gasteiger partial charge < -0.3 is 14.6 Å². The number of ether oxygens (including phenoxy) is 2. The van der Waals surface area contributed by atoms with Crippen LogP contribution in [0.4, 0.5) is 0 Å². The van der Waals surface area contributed by atoms with Crippen molar-refractivity contribution in [2.45, 2.75) is 45.8 Å². The number of hydrogen-bond donors (Lipinski definition) is 1. The van der Waals surface area contributed by atoms with E-state index in [2.05, 4.69) is 0 Å². The normalized spacial score (nSPS) is 13.8. The molecule has 1 aliphatic heterocycles. The summed E-state index contributed by atoms with van der Waals surface area (Å²) in [5.74, 6) is -0.269. The average Bonchev–Trinajstić information content (AvgIpc) is 2.91. The van der Waals surface area contributed by atoms with Crippen LogP contribution >= 0.6 is 11.6 Å². The highest BCUT2D eigenvalue weighted by molar-refractivity contribution is 6.30. The van der Waals surface area contributed by atoms with E-state index in [1.165, 1.54) is 0 Å². The minimum absolute atomic E-state index is 0.589. The molecule has 0 unspecified atom stereocenters. The fourth-order valence-electron chi connectivity index (χ4n) is 5.55. The van der Waals surface area contributed by atoms with Crippen molar-refractivity contribution in [1.29, 1.82) is 0 Å². The molecule has 0 spiro atoms. The molecule has 1 aliphatic rings. The number of hydrogen-bond acceptors (Lipinski definition) is 5. The molecule has 1 atom stereocenters. The van der Waals surface area contributed by atoms with Gasteiger partial charge in [-0.2, -0.15) is 0 Å². The van der Waals surface area contributed by atoms with E-state index < -0.39 is 17.7 Å². The molecule has 3 heterocycles. The van der Waals surface area contributed by atoms with Crippen LogP contribution in [0.25, 0.3) is 44.2 Å². The molecule has 40 heavy (non-hydrogen) atoms. The molecule has 7 heteroatoms. The molecule has 5 aromatic rings.